The third-order valence-electron chi connectivity index (χ3n) is 6.62. The lowest BCUT2D eigenvalue weighted by molar-refractivity contribution is -0.139. The minimum absolute atomic E-state index is 0.0183. The number of likely N-dealkylation sites (tertiary alicyclic amines) is 1. The first-order chi connectivity index (χ1) is 16.3. The Labute approximate surface area is 203 Å². The Morgan fingerprint density at radius 3 is 2.68 bits per heavy atom. The molecule has 3 atom stereocenters. The summed E-state index contributed by atoms with van der Waals surface area (Å²) in [6.07, 6.45) is 1.03. The molecule has 2 aromatic heterocycles. The van der Waals surface area contributed by atoms with Gasteiger partial charge in [-0.1, -0.05) is 30.3 Å². The third kappa shape index (κ3) is 4.98. The predicted octanol–water partition coefficient (Wildman–Crippen LogP) is 4.38. The monoisotopic (exact) mass is 481 g/mol. The summed E-state index contributed by atoms with van der Waals surface area (Å²) in [4.78, 5) is 33.5. The van der Waals surface area contributed by atoms with E-state index in [0.717, 1.165) is 27.3 Å². The van der Waals surface area contributed by atoms with Crippen LogP contribution in [0, 0.1) is 20.8 Å². The Bertz CT molecular complexity index is 1180. The number of aliphatic hydroxyl groups is 1. The number of nitrogens with zero attached hydrogens (tertiary/aromatic N) is 3. The number of β-amino-alcohol motifs (C(OH)–C–C–N with tert-alkyl or cyclic N) is 1. The van der Waals surface area contributed by atoms with Crippen LogP contribution in [0.15, 0.2) is 34.3 Å². The summed E-state index contributed by atoms with van der Waals surface area (Å²) < 4.78 is 5.33. The van der Waals surface area contributed by atoms with Crippen molar-refractivity contribution in [3.63, 3.8) is 0 Å². The zero-order valence-electron chi connectivity index (χ0n) is 20.1. The zero-order valence-corrected chi connectivity index (χ0v) is 20.9. The highest BCUT2D eigenvalue weighted by Gasteiger charge is 2.41. The van der Waals surface area contributed by atoms with Crippen molar-refractivity contribution in [1.82, 2.24) is 15.0 Å². The lowest BCUT2D eigenvalue weighted by Crippen LogP contribution is -2.43. The molecule has 0 saturated carbocycles. The minimum Gasteiger partial charge on any atom is -0.391 e. The Kier molecular flexibility index (Phi) is 7.28. The fourth-order valence-corrected chi connectivity index (χ4v) is 5.53. The molecule has 0 spiro atoms. The molecule has 0 radical (unpaired) electrons. The highest BCUT2D eigenvalue weighted by molar-refractivity contribution is 7.13. The normalized spacial score (nSPS) is 18.9. The van der Waals surface area contributed by atoms with Crippen LogP contribution in [0.1, 0.15) is 60.4 Å². The molecule has 1 aromatic carbocycles. The van der Waals surface area contributed by atoms with Gasteiger partial charge in [-0.15, -0.1) is 11.3 Å². The molecule has 1 aliphatic heterocycles. The predicted molar refractivity (Wildman–Crippen MR) is 131 cm³/mol. The highest BCUT2D eigenvalue weighted by Crippen LogP contribution is 2.31. The lowest BCUT2D eigenvalue weighted by Gasteiger charge is -2.26. The van der Waals surface area contributed by atoms with Crippen molar-refractivity contribution in [2.45, 2.75) is 71.4 Å². The Morgan fingerprint density at radius 2 is 2.06 bits per heavy atom. The first-order valence-electron chi connectivity index (χ1n) is 11.7. The summed E-state index contributed by atoms with van der Waals surface area (Å²) >= 11 is 1.62. The standard InChI is InChI=1S/C26H31N3O4S/c1-5-21(24-11-16(3)28-33-24)26(32)29-13-20(30)12-22(29)23(31)9-8-18-6-7-19(10-15(18)2)25-17(4)27-14-34-25/h6-7,10-11,14,20-22,30H,5,8-9,12-13H2,1-4H3/t20-,21-,22+/m1/s1. The van der Waals surface area contributed by atoms with Crippen molar-refractivity contribution in [3.8, 4) is 10.4 Å². The second-order valence-electron chi connectivity index (χ2n) is 9.10. The maximum absolute atomic E-state index is 13.3. The van der Waals surface area contributed by atoms with Crippen molar-refractivity contribution in [1.29, 1.82) is 0 Å². The fraction of sp³-hybridized carbons (Fsp3) is 0.462. The molecule has 0 aliphatic carbocycles. The van der Waals surface area contributed by atoms with Crippen LogP contribution in [0.4, 0.5) is 0 Å². The average molecular weight is 482 g/mol. The molecule has 3 heterocycles. The van der Waals surface area contributed by atoms with E-state index < -0.39 is 18.1 Å². The molecule has 1 N–H and O–H groups in total. The van der Waals surface area contributed by atoms with Crippen molar-refractivity contribution < 1.29 is 19.2 Å². The van der Waals surface area contributed by atoms with Gasteiger partial charge in [-0.2, -0.15) is 0 Å². The van der Waals surface area contributed by atoms with Gasteiger partial charge in [0.15, 0.2) is 5.78 Å². The summed E-state index contributed by atoms with van der Waals surface area (Å²) in [7, 11) is 0. The molecule has 8 heteroatoms. The third-order valence-corrected chi connectivity index (χ3v) is 7.60. The molecular weight excluding hydrogens is 450 g/mol. The molecule has 34 heavy (non-hydrogen) atoms. The van der Waals surface area contributed by atoms with Crippen LogP contribution in [0.25, 0.3) is 10.4 Å². The summed E-state index contributed by atoms with van der Waals surface area (Å²) in [5.74, 6) is -0.208. The van der Waals surface area contributed by atoms with Gasteiger partial charge in [0.1, 0.15) is 5.76 Å². The first-order valence-corrected chi connectivity index (χ1v) is 12.6. The van der Waals surface area contributed by atoms with E-state index in [1.165, 1.54) is 0 Å². The molecule has 3 aromatic rings. The van der Waals surface area contributed by atoms with E-state index in [1.54, 1.807) is 22.3 Å². The number of aryl methyl sites for hydroxylation is 4. The van der Waals surface area contributed by atoms with Gasteiger partial charge in [-0.3, -0.25) is 9.59 Å². The summed E-state index contributed by atoms with van der Waals surface area (Å²) in [6, 6.07) is 7.44. The topological polar surface area (TPSA) is 96.5 Å². The number of benzene rings is 1. The van der Waals surface area contributed by atoms with Crippen LogP contribution >= 0.6 is 11.3 Å². The van der Waals surface area contributed by atoms with Crippen molar-refractivity contribution in [2.75, 3.05) is 6.54 Å². The van der Waals surface area contributed by atoms with E-state index in [9.17, 15) is 14.7 Å². The van der Waals surface area contributed by atoms with Gasteiger partial charge in [0, 0.05) is 25.5 Å². The maximum atomic E-state index is 13.3. The van der Waals surface area contributed by atoms with Gasteiger partial charge in [0.05, 0.1) is 39.8 Å². The molecule has 1 amide bonds. The molecule has 1 fully saturated rings. The number of ketones is 1. The van der Waals surface area contributed by atoms with Crippen LogP contribution in [0.3, 0.4) is 0 Å². The quantitative estimate of drug-likeness (QED) is 0.513. The molecule has 1 aliphatic rings. The highest BCUT2D eigenvalue weighted by atomic mass is 32.1. The van der Waals surface area contributed by atoms with Crippen LogP contribution in [-0.4, -0.2) is 50.5 Å². The average Bonchev–Trinajstić information content (AvgIpc) is 3.53. The summed E-state index contributed by atoms with van der Waals surface area (Å²) in [5, 5.41) is 14.2. The second kappa shape index (κ2) is 10.2. The Balaban J connectivity index is 1.44. The zero-order chi connectivity index (χ0) is 24.4. The number of amides is 1. The largest absolute Gasteiger partial charge is 0.391 e. The van der Waals surface area contributed by atoms with Gasteiger partial charge in [-0.05, 0) is 50.3 Å². The number of carbonyl (C=O) groups excluding carboxylic acids is 2. The fourth-order valence-electron chi connectivity index (χ4n) is 4.73. The number of Topliss-reactive ketones (excluding diaryl/α,β-unsaturated/α-hetero) is 1. The molecule has 4 rings (SSSR count). The van der Waals surface area contributed by atoms with Crippen molar-refractivity contribution >= 4 is 23.0 Å². The number of rotatable bonds is 8. The summed E-state index contributed by atoms with van der Waals surface area (Å²) in [5.41, 5.74) is 6.95. The first kappa shape index (κ1) is 24.3. The smallest absolute Gasteiger partial charge is 0.234 e. The molecule has 1 saturated heterocycles. The van der Waals surface area contributed by atoms with Crippen LogP contribution in [-0.2, 0) is 16.0 Å². The number of aliphatic hydroxyl groups excluding tert-OH is 1. The maximum Gasteiger partial charge on any atom is 0.234 e. The van der Waals surface area contributed by atoms with Gasteiger partial charge >= 0.3 is 0 Å². The SMILES string of the molecule is CC[C@@H](C(=O)N1C[C@H](O)C[C@H]1C(=O)CCc1ccc(-c2scnc2C)cc1C)c1cc(C)no1. The van der Waals surface area contributed by atoms with E-state index >= 15 is 0 Å². The van der Waals surface area contributed by atoms with Gasteiger partial charge in [0.2, 0.25) is 5.91 Å². The van der Waals surface area contributed by atoms with Gasteiger partial charge in [-0.25, -0.2) is 4.98 Å². The van der Waals surface area contributed by atoms with E-state index in [1.807, 2.05) is 26.3 Å². The molecule has 0 bridgehead atoms. The van der Waals surface area contributed by atoms with Gasteiger partial charge in [0.25, 0.3) is 0 Å². The molecule has 0 unspecified atom stereocenters. The molecule has 180 valence electrons. The summed E-state index contributed by atoms with van der Waals surface area (Å²) in [6.45, 7) is 7.94. The van der Waals surface area contributed by atoms with Gasteiger partial charge < -0.3 is 14.5 Å². The van der Waals surface area contributed by atoms with Crippen molar-refractivity contribution in [2.24, 2.45) is 0 Å². The second-order valence-corrected chi connectivity index (χ2v) is 9.96. The molecular formula is C26H31N3O4S. The van der Waals surface area contributed by atoms with E-state index in [2.05, 4.69) is 35.3 Å². The Hall–Kier alpha value is -2.84. The number of thiazole rings is 1. The molecule has 7 nitrogen and oxygen atoms in total. The van der Waals surface area contributed by atoms with E-state index in [0.29, 0.717) is 30.7 Å². The number of hydrogen-bond donors (Lipinski definition) is 1. The number of aromatic nitrogens is 2. The minimum atomic E-state index is -0.699. The Morgan fingerprint density at radius 1 is 1.26 bits per heavy atom. The van der Waals surface area contributed by atoms with Crippen LogP contribution in [0.5, 0.6) is 0 Å². The van der Waals surface area contributed by atoms with Crippen molar-refractivity contribution in [3.05, 3.63) is 58.1 Å². The van der Waals surface area contributed by atoms with Crippen LogP contribution < -0.4 is 0 Å². The van der Waals surface area contributed by atoms with E-state index in [-0.39, 0.29) is 24.7 Å². The lowest BCUT2D eigenvalue weighted by atomic mass is 9.96. The number of carbonyl (C=O) groups is 2. The number of hydrogen-bond acceptors (Lipinski definition) is 7. The van der Waals surface area contributed by atoms with E-state index in [4.69, 9.17) is 4.52 Å². The van der Waals surface area contributed by atoms with Crippen LogP contribution in [0.2, 0.25) is 0 Å².